The van der Waals surface area contributed by atoms with Gasteiger partial charge in [0.25, 0.3) is 0 Å². The fourth-order valence-electron chi connectivity index (χ4n) is 4.79. The Morgan fingerprint density at radius 2 is 2.13 bits per heavy atom. The average molecular weight is 420 g/mol. The number of hydrogen-bond acceptors (Lipinski definition) is 4. The van der Waals surface area contributed by atoms with Crippen molar-refractivity contribution in [3.8, 4) is 17.2 Å². The Labute approximate surface area is 181 Å². The molecule has 0 radical (unpaired) electrons. The highest BCUT2D eigenvalue weighted by Gasteiger charge is 2.41. The molecule has 160 valence electrons. The molecule has 0 saturated carbocycles. The average Bonchev–Trinajstić information content (AvgIpc) is 3.39. The number of ketones is 1. The first-order valence-corrected chi connectivity index (χ1v) is 10.6. The molecular weight excluding hydrogens is 392 g/mol. The molecule has 0 aliphatic carbocycles. The summed E-state index contributed by atoms with van der Waals surface area (Å²) < 4.78 is 17.8. The van der Waals surface area contributed by atoms with Gasteiger partial charge in [0.15, 0.2) is 17.3 Å². The lowest BCUT2D eigenvalue weighted by Gasteiger charge is -2.43. The number of H-pyrrole nitrogens is 1. The summed E-state index contributed by atoms with van der Waals surface area (Å²) in [6.45, 7) is 1.14. The molecule has 0 fully saturated rings. The van der Waals surface area contributed by atoms with E-state index in [1.807, 2.05) is 30.5 Å². The molecule has 3 heterocycles. The Morgan fingerprint density at radius 3 is 2.97 bits per heavy atom. The van der Waals surface area contributed by atoms with Gasteiger partial charge in [0.1, 0.15) is 6.04 Å². The van der Waals surface area contributed by atoms with E-state index in [9.17, 15) is 4.79 Å². The van der Waals surface area contributed by atoms with Crippen LogP contribution in [-0.2, 0) is 11.2 Å². The minimum Gasteiger partial charge on any atom is -0.492 e. The number of ether oxygens (including phenoxy) is 3. The van der Waals surface area contributed by atoms with Gasteiger partial charge in [-0.2, -0.15) is 0 Å². The number of carbonyl (C=O) groups excluding carboxylic acids is 1. The summed E-state index contributed by atoms with van der Waals surface area (Å²) in [5.74, 6) is 2.17. The molecule has 6 nitrogen and oxygen atoms in total. The van der Waals surface area contributed by atoms with Gasteiger partial charge in [-0.15, -0.1) is 0 Å². The zero-order chi connectivity index (χ0) is 21.6. The second-order valence-electron chi connectivity index (χ2n) is 8.78. The van der Waals surface area contributed by atoms with Crippen LogP contribution in [-0.4, -0.2) is 49.8 Å². The van der Waals surface area contributed by atoms with E-state index in [4.69, 9.17) is 14.2 Å². The third-order valence-electron chi connectivity index (χ3n) is 6.55. The first-order chi connectivity index (χ1) is 15.0. The van der Waals surface area contributed by atoms with E-state index in [-0.39, 0.29) is 18.6 Å². The number of quaternary nitrogens is 1. The van der Waals surface area contributed by atoms with Crippen LogP contribution in [0.2, 0.25) is 0 Å². The van der Waals surface area contributed by atoms with Crippen molar-refractivity contribution in [2.24, 2.45) is 0 Å². The van der Waals surface area contributed by atoms with Gasteiger partial charge in [0.05, 0.1) is 39.7 Å². The summed E-state index contributed by atoms with van der Waals surface area (Å²) in [5, 5.41) is 1.11. The minimum atomic E-state index is -0.0201. The maximum atomic E-state index is 13.1. The van der Waals surface area contributed by atoms with Crippen molar-refractivity contribution in [3.05, 3.63) is 59.3 Å². The number of carbonyl (C=O) groups is 1. The Hall–Kier alpha value is -3.25. The van der Waals surface area contributed by atoms with Crippen molar-refractivity contribution in [2.45, 2.75) is 18.9 Å². The lowest BCUT2D eigenvalue weighted by molar-refractivity contribution is -0.922. The molecule has 3 aromatic rings. The topological polar surface area (TPSA) is 60.6 Å². The van der Waals surface area contributed by atoms with E-state index in [1.165, 1.54) is 5.56 Å². The molecule has 6 heteroatoms. The summed E-state index contributed by atoms with van der Waals surface area (Å²) in [6.07, 6.45) is 6.85. The van der Waals surface area contributed by atoms with Crippen molar-refractivity contribution in [1.82, 2.24) is 4.98 Å². The van der Waals surface area contributed by atoms with Gasteiger partial charge in [-0.05, 0) is 35.4 Å². The van der Waals surface area contributed by atoms with Crippen LogP contribution < -0.4 is 14.2 Å². The zero-order valence-corrected chi connectivity index (χ0v) is 18.1. The fraction of sp³-hybridized carbons (Fsp3) is 0.320. The fourth-order valence-corrected chi connectivity index (χ4v) is 4.79. The minimum absolute atomic E-state index is 0.0201. The van der Waals surface area contributed by atoms with Gasteiger partial charge < -0.3 is 23.7 Å². The van der Waals surface area contributed by atoms with Gasteiger partial charge in [-0.1, -0.05) is 18.2 Å². The summed E-state index contributed by atoms with van der Waals surface area (Å²) in [6, 6.07) is 10.1. The molecule has 2 aromatic carbocycles. The molecule has 2 aliphatic heterocycles. The van der Waals surface area contributed by atoms with E-state index in [0.717, 1.165) is 45.2 Å². The molecule has 0 saturated heterocycles. The van der Waals surface area contributed by atoms with Crippen LogP contribution in [0, 0.1) is 0 Å². The molecule has 5 rings (SSSR count). The summed E-state index contributed by atoms with van der Waals surface area (Å²) in [4.78, 5) is 16.3. The van der Waals surface area contributed by atoms with E-state index in [2.05, 4.69) is 31.2 Å². The van der Waals surface area contributed by atoms with Crippen LogP contribution >= 0.6 is 0 Å². The second-order valence-corrected chi connectivity index (χ2v) is 8.78. The van der Waals surface area contributed by atoms with E-state index in [1.54, 1.807) is 13.2 Å². The summed E-state index contributed by atoms with van der Waals surface area (Å²) >= 11 is 0. The predicted molar refractivity (Wildman–Crippen MR) is 119 cm³/mol. The van der Waals surface area contributed by atoms with Gasteiger partial charge in [-0.3, -0.25) is 4.79 Å². The van der Waals surface area contributed by atoms with Crippen LogP contribution in [0.1, 0.15) is 29.2 Å². The van der Waals surface area contributed by atoms with Gasteiger partial charge in [-0.25, -0.2) is 0 Å². The smallest absolute Gasteiger partial charge is 0.231 e. The molecule has 2 aliphatic rings. The van der Waals surface area contributed by atoms with Gasteiger partial charge in [0, 0.05) is 23.5 Å². The number of para-hydroxylation sites is 1. The number of hydrogen-bond donors (Lipinski definition) is 1. The van der Waals surface area contributed by atoms with Crippen molar-refractivity contribution >= 4 is 22.8 Å². The molecule has 31 heavy (non-hydrogen) atoms. The van der Waals surface area contributed by atoms with E-state index in [0.29, 0.717) is 17.9 Å². The lowest BCUT2D eigenvalue weighted by Crippen LogP contribution is -2.48. The highest BCUT2D eigenvalue weighted by molar-refractivity contribution is 5.97. The molecule has 0 amide bonds. The maximum Gasteiger partial charge on any atom is 0.231 e. The zero-order valence-electron chi connectivity index (χ0n) is 18.1. The molecule has 0 spiro atoms. The first kappa shape index (κ1) is 19.7. The maximum absolute atomic E-state index is 13.1. The number of likely N-dealkylation sites (N-methyl/N-ethyl adjacent to an activating group) is 1. The van der Waals surface area contributed by atoms with E-state index >= 15 is 0 Å². The number of methoxy groups -OCH3 is 1. The molecule has 1 aromatic heterocycles. The second kappa shape index (κ2) is 7.46. The van der Waals surface area contributed by atoms with Crippen LogP contribution in [0.15, 0.2) is 42.6 Å². The number of rotatable bonds is 5. The Morgan fingerprint density at radius 1 is 1.29 bits per heavy atom. The van der Waals surface area contributed by atoms with Crippen LogP contribution in [0.5, 0.6) is 17.2 Å². The number of nitrogens with zero attached hydrogens (tertiary/aromatic N) is 1. The largest absolute Gasteiger partial charge is 0.492 e. The highest BCUT2D eigenvalue weighted by Crippen LogP contribution is 2.51. The monoisotopic (exact) mass is 419 g/mol. The van der Waals surface area contributed by atoms with Crippen molar-refractivity contribution in [2.75, 3.05) is 34.5 Å². The van der Waals surface area contributed by atoms with E-state index < -0.39 is 0 Å². The molecular formula is C25H27N2O4+. The highest BCUT2D eigenvalue weighted by atomic mass is 16.7. The van der Waals surface area contributed by atoms with Crippen LogP contribution in [0.4, 0.5) is 0 Å². The van der Waals surface area contributed by atoms with Crippen LogP contribution in [0.3, 0.4) is 0 Å². The van der Waals surface area contributed by atoms with Gasteiger partial charge >= 0.3 is 0 Å². The number of aromatic nitrogens is 1. The number of allylic oxidation sites excluding steroid dienone is 1. The number of aromatic amines is 1. The molecule has 1 atom stereocenters. The molecule has 1 N–H and O–H groups in total. The number of fused-ring (bicyclic) bond motifs is 3. The Bertz CT molecular complexity index is 1190. The van der Waals surface area contributed by atoms with Crippen molar-refractivity contribution in [3.63, 3.8) is 0 Å². The number of nitrogens with one attached hydrogen (secondary N) is 1. The first-order valence-electron chi connectivity index (χ1n) is 10.6. The quantitative estimate of drug-likeness (QED) is 0.496. The summed E-state index contributed by atoms with van der Waals surface area (Å²) in [5.41, 5.74) is 4.32. The third-order valence-corrected chi connectivity index (χ3v) is 6.55. The Kier molecular flexibility index (Phi) is 4.74. The normalized spacial score (nSPS) is 19.0. The Balaban J connectivity index is 1.46. The SMILES string of the molecule is COc1c2c(cc3c1C(CC(=O)/C=C/c1c[nH]c4ccccc14)[N+](C)(C)CC3)OCO2. The summed E-state index contributed by atoms with van der Waals surface area (Å²) in [7, 11) is 6.00. The lowest BCUT2D eigenvalue weighted by atomic mass is 9.86. The molecule has 1 unspecified atom stereocenters. The predicted octanol–water partition coefficient (Wildman–Crippen LogP) is 4.25. The van der Waals surface area contributed by atoms with Crippen molar-refractivity contribution in [1.29, 1.82) is 0 Å². The standard InChI is InChI=1S/C25H26N2O4/c1-27(2)11-10-16-12-22-24(31-15-30-22)25(29-3)23(16)21(27)13-18(28)9-8-17-14-26-20-7-5-4-6-19(17)20/h4-9,12,14,21H,10-11,13,15H2,1-3H3/p+1. The van der Waals surface area contributed by atoms with Crippen LogP contribution in [0.25, 0.3) is 17.0 Å². The number of benzene rings is 2. The van der Waals surface area contributed by atoms with Crippen molar-refractivity contribution < 1.29 is 23.5 Å². The van der Waals surface area contributed by atoms with Gasteiger partial charge in [0.2, 0.25) is 12.5 Å². The molecule has 0 bridgehead atoms. The third kappa shape index (κ3) is 3.37.